The van der Waals surface area contributed by atoms with Gasteiger partial charge in [0.15, 0.2) is 0 Å². The fourth-order valence-electron chi connectivity index (χ4n) is 2.08. The summed E-state index contributed by atoms with van der Waals surface area (Å²) >= 11 is 5.78. The molecule has 0 spiro atoms. The Labute approximate surface area is 116 Å². The zero-order chi connectivity index (χ0) is 14.2. The lowest BCUT2D eigenvalue weighted by Crippen LogP contribution is -2.32. The van der Waals surface area contributed by atoms with Gasteiger partial charge < -0.3 is 5.11 Å². The van der Waals surface area contributed by atoms with Crippen molar-refractivity contribution in [3.8, 4) is 0 Å². The molecule has 0 amide bonds. The molecule has 102 valence electrons. The third-order valence-corrected chi connectivity index (χ3v) is 4.40. The molecule has 5 nitrogen and oxygen atoms in total. The molecule has 1 aliphatic heterocycles. The quantitative estimate of drug-likeness (QED) is 0.921. The first kappa shape index (κ1) is 14.0. The SMILES string of the molecule is CS(=O)(=O)N1CC=C(C(=O)O)C1c1ccc(Cl)cc1. The van der Waals surface area contributed by atoms with Crippen molar-refractivity contribution in [3.63, 3.8) is 0 Å². The fourth-order valence-corrected chi connectivity index (χ4v) is 3.17. The Morgan fingerprint density at radius 2 is 1.95 bits per heavy atom. The summed E-state index contributed by atoms with van der Waals surface area (Å²) in [5, 5.41) is 9.68. The minimum absolute atomic E-state index is 0.0627. The molecule has 0 bridgehead atoms. The molecule has 1 heterocycles. The Bertz CT molecular complexity index is 636. The van der Waals surface area contributed by atoms with Crippen molar-refractivity contribution in [1.29, 1.82) is 0 Å². The number of carboxylic acid groups (broad SMARTS) is 1. The predicted octanol–water partition coefficient (Wildman–Crippen LogP) is 1.67. The van der Waals surface area contributed by atoms with E-state index in [1.54, 1.807) is 24.3 Å². The molecule has 0 aromatic heterocycles. The third-order valence-electron chi connectivity index (χ3n) is 2.93. The van der Waals surface area contributed by atoms with E-state index in [-0.39, 0.29) is 12.1 Å². The maximum atomic E-state index is 11.7. The Hall–Kier alpha value is -1.37. The molecule has 1 atom stereocenters. The van der Waals surface area contributed by atoms with Crippen molar-refractivity contribution in [2.24, 2.45) is 0 Å². The van der Waals surface area contributed by atoms with E-state index in [0.29, 0.717) is 10.6 Å². The van der Waals surface area contributed by atoms with E-state index in [4.69, 9.17) is 16.7 Å². The number of carboxylic acids is 1. The maximum Gasteiger partial charge on any atom is 0.333 e. The summed E-state index contributed by atoms with van der Waals surface area (Å²) in [4.78, 5) is 11.2. The van der Waals surface area contributed by atoms with Gasteiger partial charge in [0, 0.05) is 11.6 Å². The largest absolute Gasteiger partial charge is 0.478 e. The van der Waals surface area contributed by atoms with Gasteiger partial charge in [0.1, 0.15) is 0 Å². The summed E-state index contributed by atoms with van der Waals surface area (Å²) in [6, 6.07) is 5.68. The summed E-state index contributed by atoms with van der Waals surface area (Å²) in [6.45, 7) is 0.0633. The van der Waals surface area contributed by atoms with E-state index in [0.717, 1.165) is 10.6 Å². The second-order valence-corrected chi connectivity index (χ2v) is 6.62. The highest BCUT2D eigenvalue weighted by atomic mass is 35.5. The summed E-state index contributed by atoms with van der Waals surface area (Å²) in [5.74, 6) is -1.12. The Balaban J connectivity index is 2.48. The van der Waals surface area contributed by atoms with Crippen molar-refractivity contribution in [1.82, 2.24) is 4.31 Å². The van der Waals surface area contributed by atoms with Gasteiger partial charge in [0.05, 0.1) is 17.9 Å². The van der Waals surface area contributed by atoms with Crippen LogP contribution in [0, 0.1) is 0 Å². The van der Waals surface area contributed by atoms with Gasteiger partial charge in [-0.25, -0.2) is 13.2 Å². The van der Waals surface area contributed by atoms with Crippen molar-refractivity contribution in [2.45, 2.75) is 6.04 Å². The van der Waals surface area contributed by atoms with E-state index in [2.05, 4.69) is 0 Å². The van der Waals surface area contributed by atoms with Gasteiger partial charge in [-0.1, -0.05) is 29.8 Å². The zero-order valence-corrected chi connectivity index (χ0v) is 11.6. The molecule has 7 heteroatoms. The lowest BCUT2D eigenvalue weighted by Gasteiger charge is -2.24. The van der Waals surface area contributed by atoms with Crippen LogP contribution in [0.3, 0.4) is 0 Å². The first-order valence-electron chi connectivity index (χ1n) is 5.46. The van der Waals surface area contributed by atoms with Gasteiger partial charge in [0.2, 0.25) is 10.0 Å². The number of rotatable bonds is 3. The molecule has 0 fully saturated rings. The monoisotopic (exact) mass is 301 g/mol. The number of aliphatic carboxylic acids is 1. The number of benzene rings is 1. The molecule has 2 rings (SSSR count). The fraction of sp³-hybridized carbons (Fsp3) is 0.250. The molecule has 0 saturated heterocycles. The summed E-state index contributed by atoms with van der Waals surface area (Å²) in [5.41, 5.74) is 0.647. The minimum Gasteiger partial charge on any atom is -0.478 e. The van der Waals surface area contributed by atoms with Crippen molar-refractivity contribution >= 4 is 27.6 Å². The highest BCUT2D eigenvalue weighted by molar-refractivity contribution is 7.88. The normalized spacial score (nSPS) is 20.3. The number of sulfonamides is 1. The molecule has 1 aliphatic rings. The summed E-state index contributed by atoms with van der Waals surface area (Å²) in [6.07, 6.45) is 2.48. The van der Waals surface area contributed by atoms with E-state index in [1.165, 1.54) is 6.08 Å². The molecule has 0 aliphatic carbocycles. The molecular weight excluding hydrogens is 290 g/mol. The average Bonchev–Trinajstić information content (AvgIpc) is 2.74. The van der Waals surface area contributed by atoms with E-state index < -0.39 is 22.0 Å². The Morgan fingerprint density at radius 3 is 2.42 bits per heavy atom. The van der Waals surface area contributed by atoms with Gasteiger partial charge in [-0.2, -0.15) is 4.31 Å². The first-order chi connectivity index (χ1) is 8.80. The molecule has 1 unspecified atom stereocenters. The number of hydrogen-bond acceptors (Lipinski definition) is 3. The smallest absolute Gasteiger partial charge is 0.333 e. The first-order valence-corrected chi connectivity index (χ1v) is 7.69. The van der Waals surface area contributed by atoms with E-state index >= 15 is 0 Å². The van der Waals surface area contributed by atoms with Crippen LogP contribution in [0.5, 0.6) is 0 Å². The van der Waals surface area contributed by atoms with Gasteiger partial charge in [0.25, 0.3) is 0 Å². The number of halogens is 1. The van der Waals surface area contributed by atoms with Crippen LogP contribution >= 0.6 is 11.6 Å². The number of hydrogen-bond donors (Lipinski definition) is 1. The Kier molecular flexibility index (Phi) is 3.66. The van der Waals surface area contributed by atoms with Gasteiger partial charge in [-0.15, -0.1) is 0 Å². The molecular formula is C12H12ClNO4S. The van der Waals surface area contributed by atoms with Crippen LogP contribution in [-0.4, -0.2) is 36.6 Å². The Morgan fingerprint density at radius 1 is 1.37 bits per heavy atom. The van der Waals surface area contributed by atoms with Gasteiger partial charge in [-0.3, -0.25) is 0 Å². The third kappa shape index (κ3) is 2.80. The van der Waals surface area contributed by atoms with Crippen LogP contribution < -0.4 is 0 Å². The topological polar surface area (TPSA) is 74.7 Å². The summed E-state index contributed by atoms with van der Waals surface area (Å²) in [7, 11) is -3.49. The van der Waals surface area contributed by atoms with Crippen LogP contribution in [0.15, 0.2) is 35.9 Å². The zero-order valence-electron chi connectivity index (χ0n) is 10.1. The van der Waals surface area contributed by atoms with Crippen LogP contribution in [-0.2, 0) is 14.8 Å². The average molecular weight is 302 g/mol. The molecule has 1 N–H and O–H groups in total. The predicted molar refractivity (Wildman–Crippen MR) is 71.5 cm³/mol. The standard InChI is InChI=1S/C12H12ClNO4S/c1-19(17,18)14-7-6-10(12(15)16)11(14)8-2-4-9(13)5-3-8/h2-6,11H,7H2,1H3,(H,15,16). The second kappa shape index (κ2) is 4.96. The number of nitrogens with zero attached hydrogens (tertiary/aromatic N) is 1. The van der Waals surface area contributed by atoms with Crippen LogP contribution in [0.25, 0.3) is 0 Å². The molecule has 0 radical (unpaired) electrons. The highest BCUT2D eigenvalue weighted by Crippen LogP contribution is 2.35. The maximum absolute atomic E-state index is 11.7. The van der Waals surface area contributed by atoms with E-state index in [9.17, 15) is 13.2 Å². The van der Waals surface area contributed by atoms with Crippen LogP contribution in [0.1, 0.15) is 11.6 Å². The lowest BCUT2D eigenvalue weighted by atomic mass is 10.0. The van der Waals surface area contributed by atoms with Crippen LogP contribution in [0.2, 0.25) is 5.02 Å². The van der Waals surface area contributed by atoms with Crippen molar-refractivity contribution in [2.75, 3.05) is 12.8 Å². The van der Waals surface area contributed by atoms with Crippen molar-refractivity contribution < 1.29 is 18.3 Å². The summed E-state index contributed by atoms with van der Waals surface area (Å²) < 4.78 is 24.6. The minimum atomic E-state index is -3.49. The molecule has 0 saturated carbocycles. The second-order valence-electron chi connectivity index (χ2n) is 4.25. The highest BCUT2D eigenvalue weighted by Gasteiger charge is 2.37. The molecule has 19 heavy (non-hydrogen) atoms. The van der Waals surface area contributed by atoms with Gasteiger partial charge >= 0.3 is 5.97 Å². The molecule has 1 aromatic carbocycles. The van der Waals surface area contributed by atoms with Crippen LogP contribution in [0.4, 0.5) is 0 Å². The molecule has 1 aromatic rings. The van der Waals surface area contributed by atoms with Gasteiger partial charge in [-0.05, 0) is 17.7 Å². The lowest BCUT2D eigenvalue weighted by molar-refractivity contribution is -0.133. The van der Waals surface area contributed by atoms with Crippen molar-refractivity contribution in [3.05, 3.63) is 46.5 Å². The number of carbonyl (C=O) groups is 1. The van der Waals surface area contributed by atoms with E-state index in [1.807, 2.05) is 0 Å².